The molecule has 3 rings (SSSR count). The molecule has 1 amide bonds. The lowest BCUT2D eigenvalue weighted by Gasteiger charge is -2.18. The highest BCUT2D eigenvalue weighted by molar-refractivity contribution is 5.94. The standard InChI is InChI=1S/C18H20F3N3O/c1-10-5-4-6-11(2)16(10)22-17(25)12(3)24-14(13-7-8-13)9-15(23-24)18(19,20)21/h4-6,9,12-13H,7-8H2,1-3H3,(H,22,25). The minimum Gasteiger partial charge on any atom is -0.324 e. The number of carbonyl (C=O) groups excluding carboxylic acids is 1. The van der Waals surface area contributed by atoms with Crippen molar-refractivity contribution in [3.05, 3.63) is 46.8 Å². The quantitative estimate of drug-likeness (QED) is 0.875. The first-order valence-corrected chi connectivity index (χ1v) is 8.22. The van der Waals surface area contributed by atoms with E-state index >= 15 is 0 Å². The van der Waals surface area contributed by atoms with Crippen molar-refractivity contribution in [2.45, 2.75) is 51.7 Å². The maximum absolute atomic E-state index is 13.0. The van der Waals surface area contributed by atoms with Crippen molar-refractivity contribution >= 4 is 11.6 Å². The minimum absolute atomic E-state index is 0.0547. The molecule has 1 aliphatic rings. The van der Waals surface area contributed by atoms with Gasteiger partial charge in [0.2, 0.25) is 5.91 Å². The number of rotatable bonds is 4. The molecule has 1 N–H and O–H groups in total. The van der Waals surface area contributed by atoms with E-state index in [1.54, 1.807) is 6.92 Å². The molecular weight excluding hydrogens is 331 g/mol. The van der Waals surface area contributed by atoms with E-state index in [0.29, 0.717) is 11.4 Å². The summed E-state index contributed by atoms with van der Waals surface area (Å²) < 4.78 is 40.2. The maximum Gasteiger partial charge on any atom is 0.435 e. The van der Waals surface area contributed by atoms with Crippen LogP contribution in [0.4, 0.5) is 18.9 Å². The molecule has 134 valence electrons. The molecule has 0 spiro atoms. The first-order valence-electron chi connectivity index (χ1n) is 8.22. The second kappa shape index (κ2) is 6.20. The fraction of sp³-hybridized carbons (Fsp3) is 0.444. The minimum atomic E-state index is -4.52. The average Bonchev–Trinajstić information content (AvgIpc) is 3.27. The molecule has 0 aliphatic heterocycles. The van der Waals surface area contributed by atoms with Gasteiger partial charge < -0.3 is 5.32 Å². The number of nitrogens with zero attached hydrogens (tertiary/aromatic N) is 2. The van der Waals surface area contributed by atoms with Gasteiger partial charge in [0.1, 0.15) is 6.04 Å². The van der Waals surface area contributed by atoms with Gasteiger partial charge in [0.25, 0.3) is 0 Å². The fourth-order valence-corrected chi connectivity index (χ4v) is 2.89. The van der Waals surface area contributed by atoms with Crippen LogP contribution in [-0.2, 0) is 11.0 Å². The highest BCUT2D eigenvalue weighted by Gasteiger charge is 2.39. The smallest absolute Gasteiger partial charge is 0.324 e. The second-order valence-electron chi connectivity index (χ2n) is 6.60. The normalized spacial score (nSPS) is 15.9. The third-order valence-electron chi connectivity index (χ3n) is 4.53. The summed E-state index contributed by atoms with van der Waals surface area (Å²) in [6.45, 7) is 5.32. The second-order valence-corrected chi connectivity index (χ2v) is 6.60. The fourth-order valence-electron chi connectivity index (χ4n) is 2.89. The zero-order valence-corrected chi connectivity index (χ0v) is 14.3. The summed E-state index contributed by atoms with van der Waals surface area (Å²) in [6, 6.07) is 5.88. The van der Waals surface area contributed by atoms with Crippen LogP contribution < -0.4 is 5.32 Å². The van der Waals surface area contributed by atoms with Crippen LogP contribution in [0, 0.1) is 13.8 Å². The third kappa shape index (κ3) is 3.55. The van der Waals surface area contributed by atoms with Crippen LogP contribution in [0.2, 0.25) is 0 Å². The van der Waals surface area contributed by atoms with Crippen LogP contribution in [-0.4, -0.2) is 15.7 Å². The number of alkyl halides is 3. The molecule has 1 aromatic carbocycles. The monoisotopic (exact) mass is 351 g/mol. The topological polar surface area (TPSA) is 46.9 Å². The largest absolute Gasteiger partial charge is 0.435 e. The first-order chi connectivity index (χ1) is 11.7. The van der Waals surface area contributed by atoms with Crippen molar-refractivity contribution in [1.29, 1.82) is 0 Å². The van der Waals surface area contributed by atoms with Crippen LogP contribution >= 0.6 is 0 Å². The average molecular weight is 351 g/mol. The van der Waals surface area contributed by atoms with Gasteiger partial charge in [0.15, 0.2) is 5.69 Å². The molecule has 1 aromatic heterocycles. The Kier molecular flexibility index (Phi) is 4.34. The Morgan fingerprint density at radius 1 is 1.28 bits per heavy atom. The summed E-state index contributed by atoms with van der Waals surface area (Å²) in [5.41, 5.74) is 2.03. The third-order valence-corrected chi connectivity index (χ3v) is 4.53. The molecule has 1 aliphatic carbocycles. The van der Waals surface area contributed by atoms with Gasteiger partial charge in [0, 0.05) is 17.3 Å². The summed E-state index contributed by atoms with van der Waals surface area (Å²) in [7, 11) is 0. The van der Waals surface area contributed by atoms with Crippen LogP contribution in [0.3, 0.4) is 0 Å². The van der Waals surface area contributed by atoms with E-state index in [4.69, 9.17) is 0 Å². The zero-order chi connectivity index (χ0) is 18.4. The summed E-state index contributed by atoms with van der Waals surface area (Å²) in [4.78, 5) is 12.6. The lowest BCUT2D eigenvalue weighted by molar-refractivity contribution is -0.141. The Hall–Kier alpha value is -2.31. The number of benzene rings is 1. The number of hydrogen-bond donors (Lipinski definition) is 1. The molecule has 0 radical (unpaired) electrons. The van der Waals surface area contributed by atoms with Crippen molar-refractivity contribution < 1.29 is 18.0 Å². The highest BCUT2D eigenvalue weighted by atomic mass is 19.4. The lowest BCUT2D eigenvalue weighted by atomic mass is 10.1. The molecule has 0 bridgehead atoms. The number of halogens is 3. The summed E-state index contributed by atoms with van der Waals surface area (Å²) in [5.74, 6) is -0.324. The number of hydrogen-bond acceptors (Lipinski definition) is 2. The van der Waals surface area contributed by atoms with E-state index in [1.807, 2.05) is 32.0 Å². The van der Waals surface area contributed by atoms with Gasteiger partial charge in [-0.2, -0.15) is 18.3 Å². The molecule has 4 nitrogen and oxygen atoms in total. The Balaban J connectivity index is 1.88. The van der Waals surface area contributed by atoms with Crippen LogP contribution in [0.25, 0.3) is 0 Å². The van der Waals surface area contributed by atoms with Crippen molar-refractivity contribution in [1.82, 2.24) is 9.78 Å². The molecule has 1 fully saturated rings. The van der Waals surface area contributed by atoms with E-state index in [1.165, 1.54) is 4.68 Å². The molecular formula is C18H20F3N3O. The number of aromatic nitrogens is 2. The van der Waals surface area contributed by atoms with E-state index in [2.05, 4.69) is 10.4 Å². The van der Waals surface area contributed by atoms with Gasteiger partial charge in [0.05, 0.1) is 0 Å². The molecule has 0 saturated heterocycles. The number of aryl methyl sites for hydroxylation is 2. The number of carbonyl (C=O) groups is 1. The van der Waals surface area contributed by atoms with Gasteiger partial charge in [-0.25, -0.2) is 0 Å². The number of nitrogens with one attached hydrogen (secondary N) is 1. The maximum atomic E-state index is 13.0. The Labute approximate surface area is 144 Å². The Morgan fingerprint density at radius 3 is 2.40 bits per heavy atom. The van der Waals surface area contributed by atoms with Gasteiger partial charge in [-0.3, -0.25) is 9.48 Å². The summed E-state index contributed by atoms with van der Waals surface area (Å²) in [6.07, 6.45) is -2.86. The van der Waals surface area contributed by atoms with E-state index in [9.17, 15) is 18.0 Å². The molecule has 2 aromatic rings. The van der Waals surface area contributed by atoms with Crippen molar-refractivity contribution in [2.24, 2.45) is 0 Å². The molecule has 1 heterocycles. The van der Waals surface area contributed by atoms with Gasteiger partial charge in [-0.15, -0.1) is 0 Å². The van der Waals surface area contributed by atoms with Crippen molar-refractivity contribution in [3.63, 3.8) is 0 Å². The number of anilines is 1. The first kappa shape index (κ1) is 17.5. The SMILES string of the molecule is Cc1cccc(C)c1NC(=O)C(C)n1nc(C(F)(F)F)cc1C1CC1. The lowest BCUT2D eigenvalue weighted by Crippen LogP contribution is -2.26. The highest BCUT2D eigenvalue weighted by Crippen LogP contribution is 2.43. The molecule has 1 unspecified atom stereocenters. The van der Waals surface area contributed by atoms with Gasteiger partial charge in [-0.1, -0.05) is 18.2 Å². The molecule has 7 heteroatoms. The van der Waals surface area contributed by atoms with Crippen LogP contribution in [0.5, 0.6) is 0 Å². The van der Waals surface area contributed by atoms with Gasteiger partial charge >= 0.3 is 6.18 Å². The predicted octanol–water partition coefficient (Wildman–Crippen LogP) is 4.60. The van der Waals surface area contributed by atoms with Gasteiger partial charge in [-0.05, 0) is 50.8 Å². The molecule has 25 heavy (non-hydrogen) atoms. The zero-order valence-electron chi connectivity index (χ0n) is 14.3. The molecule has 1 atom stereocenters. The van der Waals surface area contributed by atoms with Crippen LogP contribution in [0.15, 0.2) is 24.3 Å². The van der Waals surface area contributed by atoms with E-state index < -0.39 is 17.9 Å². The molecule has 1 saturated carbocycles. The van der Waals surface area contributed by atoms with E-state index in [-0.39, 0.29) is 11.8 Å². The van der Waals surface area contributed by atoms with Crippen molar-refractivity contribution in [2.75, 3.05) is 5.32 Å². The van der Waals surface area contributed by atoms with Crippen LogP contribution in [0.1, 0.15) is 54.2 Å². The number of amides is 1. The van der Waals surface area contributed by atoms with Crippen molar-refractivity contribution in [3.8, 4) is 0 Å². The predicted molar refractivity (Wildman–Crippen MR) is 88.5 cm³/mol. The van der Waals surface area contributed by atoms with E-state index in [0.717, 1.165) is 30.0 Å². The Morgan fingerprint density at radius 2 is 1.88 bits per heavy atom. The Bertz CT molecular complexity index is 786. The number of para-hydroxylation sites is 1. The summed E-state index contributed by atoms with van der Waals surface area (Å²) in [5, 5.41) is 6.51. The summed E-state index contributed by atoms with van der Waals surface area (Å²) >= 11 is 0.